The summed E-state index contributed by atoms with van der Waals surface area (Å²) in [6, 6.07) is 22.2. The van der Waals surface area contributed by atoms with Crippen LogP contribution < -0.4 is 19.7 Å². The molecule has 2 amide bonds. The summed E-state index contributed by atoms with van der Waals surface area (Å²) in [5.74, 6) is 1.49. The molecule has 1 N–H and O–H groups in total. The molecule has 1 aromatic heterocycles. The Balaban J connectivity index is 1.48. The van der Waals surface area contributed by atoms with E-state index in [0.717, 1.165) is 22.5 Å². The van der Waals surface area contributed by atoms with Gasteiger partial charge in [-0.2, -0.15) is 0 Å². The van der Waals surface area contributed by atoms with Crippen LogP contribution in [0.4, 0.5) is 5.69 Å². The van der Waals surface area contributed by atoms with Gasteiger partial charge >= 0.3 is 0 Å². The standard InChI is InChI=1S/C27H28N4O4/c1-30(20-9-5-4-6-10-20)26(32)18-31-22-12-8-7-11-21(22)29-25(31)15-16-28-27(33)19-13-14-23(34-2)24(17-19)35-3/h4-14,17H,15-16,18H2,1-3H3,(H,28,33). The third kappa shape index (κ3) is 5.27. The summed E-state index contributed by atoms with van der Waals surface area (Å²) >= 11 is 0. The molecule has 0 aliphatic rings. The zero-order valence-corrected chi connectivity index (χ0v) is 20.0. The second-order valence-electron chi connectivity index (χ2n) is 7.97. The lowest BCUT2D eigenvalue weighted by Gasteiger charge is -2.19. The lowest BCUT2D eigenvalue weighted by molar-refractivity contribution is -0.118. The van der Waals surface area contributed by atoms with Crippen LogP contribution in [-0.4, -0.2) is 49.2 Å². The number of anilines is 1. The number of imidazole rings is 1. The number of aromatic nitrogens is 2. The Hall–Kier alpha value is -4.33. The summed E-state index contributed by atoms with van der Waals surface area (Å²) < 4.78 is 12.4. The van der Waals surface area contributed by atoms with Crippen molar-refractivity contribution >= 4 is 28.5 Å². The van der Waals surface area contributed by atoms with Gasteiger partial charge in [-0.1, -0.05) is 30.3 Å². The number of carbonyl (C=O) groups is 2. The normalized spacial score (nSPS) is 10.7. The summed E-state index contributed by atoms with van der Waals surface area (Å²) in [4.78, 5) is 32.1. The molecule has 1 heterocycles. The van der Waals surface area contributed by atoms with E-state index in [1.807, 2.05) is 59.2 Å². The molecule has 0 aliphatic heterocycles. The van der Waals surface area contributed by atoms with E-state index in [-0.39, 0.29) is 18.4 Å². The Morgan fingerprint density at radius 3 is 2.40 bits per heavy atom. The molecule has 0 saturated heterocycles. The molecule has 4 aromatic rings. The molecular weight excluding hydrogens is 444 g/mol. The van der Waals surface area contributed by atoms with Gasteiger partial charge < -0.3 is 24.3 Å². The minimum atomic E-state index is -0.228. The van der Waals surface area contributed by atoms with Crippen molar-refractivity contribution in [3.8, 4) is 11.5 Å². The van der Waals surface area contributed by atoms with Crippen LogP contribution >= 0.6 is 0 Å². The number of nitrogens with one attached hydrogen (secondary N) is 1. The number of likely N-dealkylation sites (N-methyl/N-ethyl adjacent to an activating group) is 1. The smallest absolute Gasteiger partial charge is 0.251 e. The van der Waals surface area contributed by atoms with Crippen molar-refractivity contribution in [2.24, 2.45) is 0 Å². The number of para-hydroxylation sites is 3. The molecule has 0 aliphatic carbocycles. The van der Waals surface area contributed by atoms with Gasteiger partial charge in [0.05, 0.1) is 25.3 Å². The van der Waals surface area contributed by atoms with Gasteiger partial charge in [-0.3, -0.25) is 9.59 Å². The van der Waals surface area contributed by atoms with Crippen molar-refractivity contribution in [2.75, 3.05) is 32.7 Å². The predicted octanol–water partition coefficient (Wildman–Crippen LogP) is 3.69. The minimum Gasteiger partial charge on any atom is -0.493 e. The lowest BCUT2D eigenvalue weighted by Crippen LogP contribution is -2.31. The Morgan fingerprint density at radius 2 is 1.66 bits per heavy atom. The van der Waals surface area contributed by atoms with Crippen molar-refractivity contribution in [1.82, 2.24) is 14.9 Å². The first-order valence-electron chi connectivity index (χ1n) is 11.3. The highest BCUT2D eigenvalue weighted by Gasteiger charge is 2.17. The summed E-state index contributed by atoms with van der Waals surface area (Å²) in [5, 5.41) is 2.93. The van der Waals surface area contributed by atoms with E-state index in [2.05, 4.69) is 5.32 Å². The summed E-state index contributed by atoms with van der Waals surface area (Å²) in [6.07, 6.45) is 0.468. The second kappa shape index (κ2) is 10.7. The third-order valence-electron chi connectivity index (χ3n) is 5.82. The number of benzene rings is 3. The maximum Gasteiger partial charge on any atom is 0.251 e. The predicted molar refractivity (Wildman–Crippen MR) is 135 cm³/mol. The van der Waals surface area contributed by atoms with Gasteiger partial charge in [-0.25, -0.2) is 4.98 Å². The largest absolute Gasteiger partial charge is 0.493 e. The van der Waals surface area contributed by atoms with Crippen LogP contribution in [0.5, 0.6) is 11.5 Å². The van der Waals surface area contributed by atoms with Crippen molar-refractivity contribution in [3.05, 3.63) is 84.2 Å². The highest BCUT2D eigenvalue weighted by atomic mass is 16.5. The van der Waals surface area contributed by atoms with Crippen LogP contribution in [0.3, 0.4) is 0 Å². The first-order valence-corrected chi connectivity index (χ1v) is 11.3. The maximum atomic E-state index is 13.1. The Bertz CT molecular complexity index is 1330. The topological polar surface area (TPSA) is 85.7 Å². The van der Waals surface area contributed by atoms with Crippen molar-refractivity contribution in [1.29, 1.82) is 0 Å². The number of hydrogen-bond acceptors (Lipinski definition) is 5. The fourth-order valence-electron chi connectivity index (χ4n) is 3.90. The number of ether oxygens (including phenoxy) is 2. The van der Waals surface area contributed by atoms with E-state index in [0.29, 0.717) is 30.0 Å². The molecule has 0 fully saturated rings. The van der Waals surface area contributed by atoms with Crippen LogP contribution in [0.25, 0.3) is 11.0 Å². The van der Waals surface area contributed by atoms with Crippen LogP contribution in [0.1, 0.15) is 16.2 Å². The number of carbonyl (C=O) groups excluding carboxylic acids is 2. The van der Waals surface area contributed by atoms with Gasteiger partial charge in [0.15, 0.2) is 11.5 Å². The van der Waals surface area contributed by atoms with Crippen LogP contribution in [0.2, 0.25) is 0 Å². The fraction of sp³-hybridized carbons (Fsp3) is 0.222. The Kier molecular flexibility index (Phi) is 7.30. The molecule has 0 radical (unpaired) electrons. The molecular formula is C27H28N4O4. The van der Waals surface area contributed by atoms with Gasteiger partial charge in [0.1, 0.15) is 12.4 Å². The molecule has 180 valence electrons. The molecule has 8 heteroatoms. The average Bonchev–Trinajstić information content (AvgIpc) is 3.25. The second-order valence-corrected chi connectivity index (χ2v) is 7.97. The van der Waals surface area contributed by atoms with Crippen molar-refractivity contribution < 1.29 is 19.1 Å². The fourth-order valence-corrected chi connectivity index (χ4v) is 3.90. The number of nitrogens with zero attached hydrogens (tertiary/aromatic N) is 3. The molecule has 0 saturated carbocycles. The Morgan fingerprint density at radius 1 is 0.943 bits per heavy atom. The zero-order valence-electron chi connectivity index (χ0n) is 20.0. The van der Waals surface area contributed by atoms with Gasteiger partial charge in [0, 0.05) is 31.3 Å². The zero-order chi connectivity index (χ0) is 24.8. The van der Waals surface area contributed by atoms with E-state index in [4.69, 9.17) is 14.5 Å². The number of methoxy groups -OCH3 is 2. The molecule has 8 nitrogen and oxygen atoms in total. The minimum absolute atomic E-state index is 0.0602. The molecule has 0 spiro atoms. The third-order valence-corrected chi connectivity index (χ3v) is 5.82. The highest BCUT2D eigenvalue weighted by molar-refractivity contribution is 5.95. The van der Waals surface area contributed by atoms with Crippen LogP contribution in [0, 0.1) is 0 Å². The summed E-state index contributed by atoms with van der Waals surface area (Å²) in [5.41, 5.74) is 2.98. The monoisotopic (exact) mass is 472 g/mol. The summed E-state index contributed by atoms with van der Waals surface area (Å²) in [7, 11) is 4.84. The number of hydrogen-bond donors (Lipinski definition) is 1. The van der Waals surface area contributed by atoms with Crippen molar-refractivity contribution in [3.63, 3.8) is 0 Å². The molecule has 0 bridgehead atoms. The van der Waals surface area contributed by atoms with Gasteiger partial charge in [0.25, 0.3) is 5.91 Å². The van der Waals surface area contributed by atoms with Gasteiger partial charge in [-0.05, 0) is 42.5 Å². The highest BCUT2D eigenvalue weighted by Crippen LogP contribution is 2.27. The van der Waals surface area contributed by atoms with E-state index >= 15 is 0 Å². The first kappa shape index (κ1) is 23.8. The first-order chi connectivity index (χ1) is 17.0. The van der Waals surface area contributed by atoms with Crippen molar-refractivity contribution in [2.45, 2.75) is 13.0 Å². The molecule has 4 rings (SSSR count). The Labute approximate surface area is 204 Å². The molecule has 0 unspecified atom stereocenters. The van der Waals surface area contributed by atoms with Gasteiger partial charge in [0.2, 0.25) is 5.91 Å². The van der Waals surface area contributed by atoms with Crippen LogP contribution in [0.15, 0.2) is 72.8 Å². The number of fused-ring (bicyclic) bond motifs is 1. The van der Waals surface area contributed by atoms with E-state index in [1.54, 1.807) is 37.3 Å². The molecule has 3 aromatic carbocycles. The van der Waals surface area contributed by atoms with E-state index in [9.17, 15) is 9.59 Å². The lowest BCUT2D eigenvalue weighted by atomic mass is 10.2. The maximum absolute atomic E-state index is 13.1. The molecule has 35 heavy (non-hydrogen) atoms. The number of rotatable bonds is 9. The van der Waals surface area contributed by atoms with Gasteiger partial charge in [-0.15, -0.1) is 0 Å². The number of amides is 2. The SMILES string of the molecule is COc1ccc(C(=O)NCCc2nc3ccccc3n2CC(=O)N(C)c2ccccc2)cc1OC. The quantitative estimate of drug-likeness (QED) is 0.402. The van der Waals surface area contributed by atoms with E-state index < -0.39 is 0 Å². The molecule has 0 atom stereocenters. The summed E-state index contributed by atoms with van der Waals surface area (Å²) in [6.45, 7) is 0.504. The van der Waals surface area contributed by atoms with Crippen LogP contribution in [-0.2, 0) is 17.8 Å². The van der Waals surface area contributed by atoms with E-state index in [1.165, 1.54) is 7.11 Å². The average molecular weight is 473 g/mol.